The second-order valence-corrected chi connectivity index (χ2v) is 9.25. The van der Waals surface area contributed by atoms with Crippen LogP contribution in [-0.4, -0.2) is 56.7 Å². The van der Waals surface area contributed by atoms with Crippen LogP contribution in [0.1, 0.15) is 31.4 Å². The molecule has 162 valence electrons. The van der Waals surface area contributed by atoms with Gasteiger partial charge in [0.1, 0.15) is 12.5 Å². The Morgan fingerprint density at radius 3 is 2.74 bits per heavy atom. The highest BCUT2D eigenvalue weighted by molar-refractivity contribution is 5.86. The van der Waals surface area contributed by atoms with Crippen molar-refractivity contribution < 1.29 is 9.18 Å². The molecule has 0 bridgehead atoms. The number of fused-ring (bicyclic) bond motifs is 1. The smallest absolute Gasteiger partial charge is 0.141 e. The molecular weight excluding hydrogens is 393 g/mol. The van der Waals surface area contributed by atoms with Gasteiger partial charge in [-0.05, 0) is 62.4 Å². The Balaban J connectivity index is 1.23. The lowest BCUT2D eigenvalue weighted by Crippen LogP contribution is -2.49. The molecule has 1 spiro atoms. The first-order chi connectivity index (χ1) is 15.0. The van der Waals surface area contributed by atoms with E-state index in [0.717, 1.165) is 66.6 Å². The molecule has 0 unspecified atom stereocenters. The highest BCUT2D eigenvalue weighted by atomic mass is 19.1. The van der Waals surface area contributed by atoms with E-state index in [-0.39, 0.29) is 18.4 Å². The number of pyridine rings is 2. The van der Waals surface area contributed by atoms with Crippen LogP contribution in [0, 0.1) is 11.3 Å². The molecule has 31 heavy (non-hydrogen) atoms. The van der Waals surface area contributed by atoms with Crippen molar-refractivity contribution in [1.29, 1.82) is 0 Å². The van der Waals surface area contributed by atoms with Gasteiger partial charge in [0.25, 0.3) is 0 Å². The van der Waals surface area contributed by atoms with Crippen molar-refractivity contribution >= 4 is 16.7 Å². The van der Waals surface area contributed by atoms with Gasteiger partial charge in [-0.2, -0.15) is 5.10 Å². The van der Waals surface area contributed by atoms with Crippen LogP contribution < -0.4 is 0 Å². The molecule has 6 nitrogen and oxygen atoms in total. The van der Waals surface area contributed by atoms with Gasteiger partial charge in [0.2, 0.25) is 0 Å². The molecule has 1 aliphatic heterocycles. The van der Waals surface area contributed by atoms with E-state index in [1.54, 1.807) is 17.1 Å². The number of ketones is 1. The summed E-state index contributed by atoms with van der Waals surface area (Å²) in [6.07, 6.45) is 10.0. The number of hydrogen-bond acceptors (Lipinski definition) is 5. The Kier molecular flexibility index (Phi) is 5.30. The molecule has 3 aromatic heterocycles. The SMILES string of the molecule is Cn1cc(-c2ccc3cnc(CC(=O)C4CC5(CCN(CCF)CC5)C4)cc3n2)cn1. The first-order valence-corrected chi connectivity index (χ1v) is 11.1. The molecule has 4 heterocycles. The molecule has 7 heteroatoms. The van der Waals surface area contributed by atoms with Crippen LogP contribution >= 0.6 is 0 Å². The monoisotopic (exact) mass is 421 g/mol. The molecule has 2 aliphatic rings. The van der Waals surface area contributed by atoms with Crippen molar-refractivity contribution in [3.63, 3.8) is 0 Å². The van der Waals surface area contributed by atoms with Gasteiger partial charge in [0.15, 0.2) is 0 Å². The van der Waals surface area contributed by atoms with Crippen molar-refractivity contribution in [3.8, 4) is 11.3 Å². The molecule has 2 fully saturated rings. The van der Waals surface area contributed by atoms with Gasteiger partial charge in [-0.3, -0.25) is 14.5 Å². The minimum absolute atomic E-state index is 0.139. The van der Waals surface area contributed by atoms with Gasteiger partial charge in [-0.15, -0.1) is 0 Å². The largest absolute Gasteiger partial charge is 0.301 e. The summed E-state index contributed by atoms with van der Waals surface area (Å²) in [5, 5.41) is 5.18. The first-order valence-electron chi connectivity index (χ1n) is 11.1. The average Bonchev–Trinajstić information content (AvgIpc) is 3.19. The molecule has 0 radical (unpaired) electrons. The number of rotatable bonds is 6. The van der Waals surface area contributed by atoms with E-state index in [1.165, 1.54) is 0 Å². The van der Waals surface area contributed by atoms with Crippen molar-refractivity contribution in [3.05, 3.63) is 42.5 Å². The van der Waals surface area contributed by atoms with E-state index in [1.807, 2.05) is 31.4 Å². The molecule has 3 aromatic rings. The minimum Gasteiger partial charge on any atom is -0.301 e. The fourth-order valence-corrected chi connectivity index (χ4v) is 5.18. The van der Waals surface area contributed by atoms with Gasteiger partial charge in [-0.1, -0.05) is 0 Å². The quantitative estimate of drug-likeness (QED) is 0.609. The van der Waals surface area contributed by atoms with Crippen molar-refractivity contribution in [2.45, 2.75) is 32.1 Å². The highest BCUT2D eigenvalue weighted by Gasteiger charge is 2.47. The average molecular weight is 422 g/mol. The Morgan fingerprint density at radius 2 is 2.03 bits per heavy atom. The van der Waals surface area contributed by atoms with E-state index in [9.17, 15) is 9.18 Å². The number of halogens is 1. The highest BCUT2D eigenvalue weighted by Crippen LogP contribution is 2.53. The Bertz CT molecular complexity index is 1090. The van der Waals surface area contributed by atoms with Crippen molar-refractivity contribution in [2.75, 3.05) is 26.3 Å². The van der Waals surface area contributed by atoms with Gasteiger partial charge >= 0.3 is 0 Å². The number of nitrogens with zero attached hydrogens (tertiary/aromatic N) is 5. The number of piperidine rings is 1. The molecule has 1 saturated carbocycles. The third-order valence-electron chi connectivity index (χ3n) is 7.12. The second-order valence-electron chi connectivity index (χ2n) is 9.25. The van der Waals surface area contributed by atoms with Crippen LogP contribution in [-0.2, 0) is 18.3 Å². The number of likely N-dealkylation sites (tertiary alicyclic amines) is 1. The third kappa shape index (κ3) is 4.11. The van der Waals surface area contributed by atoms with Crippen LogP contribution in [0.3, 0.4) is 0 Å². The second kappa shape index (κ2) is 8.11. The summed E-state index contributed by atoms with van der Waals surface area (Å²) in [5.41, 5.74) is 3.78. The Hall–Kier alpha value is -2.67. The Labute approximate surface area is 181 Å². The predicted molar refractivity (Wildman–Crippen MR) is 117 cm³/mol. The van der Waals surface area contributed by atoms with Crippen LogP contribution in [0.2, 0.25) is 0 Å². The normalized spacial score (nSPS) is 19.0. The lowest BCUT2D eigenvalue weighted by atomic mass is 9.56. The summed E-state index contributed by atoms with van der Waals surface area (Å²) in [6, 6.07) is 5.92. The fourth-order valence-electron chi connectivity index (χ4n) is 5.18. The van der Waals surface area contributed by atoms with Gasteiger partial charge in [-0.25, -0.2) is 9.37 Å². The zero-order valence-corrected chi connectivity index (χ0v) is 17.9. The minimum atomic E-state index is -0.272. The lowest BCUT2D eigenvalue weighted by molar-refractivity contribution is -0.132. The number of aryl methyl sites for hydroxylation is 1. The van der Waals surface area contributed by atoms with Crippen LogP contribution in [0.15, 0.2) is 36.8 Å². The van der Waals surface area contributed by atoms with Crippen LogP contribution in [0.25, 0.3) is 22.2 Å². The van der Waals surface area contributed by atoms with Gasteiger partial charge in [0.05, 0.1) is 17.4 Å². The zero-order chi connectivity index (χ0) is 21.4. The number of alkyl halides is 1. The predicted octanol–water partition coefficient (Wildman–Crippen LogP) is 3.60. The molecule has 0 aromatic carbocycles. The van der Waals surface area contributed by atoms with Crippen LogP contribution in [0.5, 0.6) is 0 Å². The molecule has 0 N–H and O–H groups in total. The van der Waals surface area contributed by atoms with Gasteiger partial charge in [0, 0.05) is 55.0 Å². The summed E-state index contributed by atoms with van der Waals surface area (Å²) in [5.74, 6) is 0.423. The van der Waals surface area contributed by atoms with E-state index in [0.29, 0.717) is 18.4 Å². The molecule has 0 amide bonds. The van der Waals surface area contributed by atoms with E-state index >= 15 is 0 Å². The number of hydrogen-bond donors (Lipinski definition) is 0. The van der Waals surface area contributed by atoms with E-state index in [4.69, 9.17) is 4.98 Å². The van der Waals surface area contributed by atoms with E-state index < -0.39 is 0 Å². The number of aromatic nitrogens is 4. The third-order valence-corrected chi connectivity index (χ3v) is 7.12. The van der Waals surface area contributed by atoms with Crippen molar-refractivity contribution in [1.82, 2.24) is 24.6 Å². The summed E-state index contributed by atoms with van der Waals surface area (Å²) in [6.45, 7) is 2.19. The number of Topliss-reactive ketones (excluding diaryl/α,β-unsaturated/α-hetero) is 1. The fraction of sp³-hybridized carbons (Fsp3) is 0.500. The lowest BCUT2D eigenvalue weighted by Gasteiger charge is -2.51. The molecule has 0 atom stereocenters. The summed E-state index contributed by atoms with van der Waals surface area (Å²) in [7, 11) is 1.89. The molecular formula is C24H28FN5O. The molecule has 1 saturated heterocycles. The summed E-state index contributed by atoms with van der Waals surface area (Å²) < 4.78 is 14.3. The molecule has 1 aliphatic carbocycles. The van der Waals surface area contributed by atoms with E-state index in [2.05, 4.69) is 15.0 Å². The maximum atomic E-state index is 12.9. The molecule has 5 rings (SSSR count). The van der Waals surface area contributed by atoms with Crippen LogP contribution in [0.4, 0.5) is 4.39 Å². The van der Waals surface area contributed by atoms with Crippen molar-refractivity contribution in [2.24, 2.45) is 18.4 Å². The summed E-state index contributed by atoms with van der Waals surface area (Å²) >= 11 is 0. The first kappa shape index (κ1) is 20.2. The number of carbonyl (C=O) groups excluding carboxylic acids is 1. The zero-order valence-electron chi connectivity index (χ0n) is 17.9. The maximum absolute atomic E-state index is 12.9. The topological polar surface area (TPSA) is 63.9 Å². The summed E-state index contributed by atoms with van der Waals surface area (Å²) in [4.78, 5) is 24.4. The number of carbonyl (C=O) groups is 1. The Morgan fingerprint density at radius 1 is 1.23 bits per heavy atom. The maximum Gasteiger partial charge on any atom is 0.141 e. The van der Waals surface area contributed by atoms with Gasteiger partial charge < -0.3 is 4.90 Å². The standard InChI is InChI=1S/C24H28FN5O/c1-29-16-19(15-27-29)21-3-2-17-14-26-20(10-22(17)28-21)11-23(31)18-12-24(13-18)4-7-30(8-5-24)9-6-25/h2-3,10,14-16,18H,4-9,11-13H2,1H3.